The Morgan fingerprint density at radius 3 is 1.88 bits per heavy atom. The van der Waals surface area contributed by atoms with E-state index < -0.39 is 11.6 Å². The number of rotatable bonds is 7. The van der Waals surface area contributed by atoms with E-state index in [0.717, 1.165) is 42.1 Å². The summed E-state index contributed by atoms with van der Waals surface area (Å²) in [5.74, 6) is 2.29. The van der Waals surface area contributed by atoms with Crippen molar-refractivity contribution in [2.45, 2.75) is 90.4 Å². The molecule has 26 heavy (non-hydrogen) atoms. The Balaban J connectivity index is 1.36. The van der Waals surface area contributed by atoms with Crippen LogP contribution in [0.2, 0.25) is 0 Å². The largest absolute Gasteiger partial charge is 0.204 e. The average molecular weight is 363 g/mol. The van der Waals surface area contributed by atoms with E-state index in [-0.39, 0.29) is 0 Å². The van der Waals surface area contributed by atoms with Crippen LogP contribution in [-0.2, 0) is 6.42 Å². The van der Waals surface area contributed by atoms with Crippen molar-refractivity contribution in [2.75, 3.05) is 0 Å². The molecule has 2 fully saturated rings. The Morgan fingerprint density at radius 2 is 1.35 bits per heavy atom. The Labute approximate surface area is 158 Å². The fourth-order valence-electron chi connectivity index (χ4n) is 5.46. The summed E-state index contributed by atoms with van der Waals surface area (Å²) in [7, 11) is 0. The van der Waals surface area contributed by atoms with Crippen molar-refractivity contribution in [1.29, 1.82) is 0 Å². The van der Waals surface area contributed by atoms with E-state index in [0.29, 0.717) is 0 Å². The van der Waals surface area contributed by atoms with E-state index in [2.05, 4.69) is 6.92 Å². The smallest absolute Gasteiger partial charge is 0.159 e. The van der Waals surface area contributed by atoms with Crippen LogP contribution in [0.5, 0.6) is 0 Å². The van der Waals surface area contributed by atoms with E-state index in [4.69, 9.17) is 0 Å². The van der Waals surface area contributed by atoms with Gasteiger partial charge in [0.1, 0.15) is 0 Å². The predicted octanol–water partition coefficient (Wildman–Crippen LogP) is 7.70. The van der Waals surface area contributed by atoms with Crippen LogP contribution in [0.25, 0.3) is 0 Å². The molecule has 0 radical (unpaired) electrons. The normalized spacial score (nSPS) is 29.7. The standard InChI is InChI=1S/C24H36F2/c1-2-3-4-18-7-12-21(13-8-18)22-14-9-19(10-15-22)5-6-20-11-16-23(25)24(26)17-20/h11,16-19,21-22H,2-10,12-15H2,1H3/t18-,19?,21-,22?. The zero-order chi connectivity index (χ0) is 18.4. The predicted molar refractivity (Wildman–Crippen MR) is 105 cm³/mol. The van der Waals surface area contributed by atoms with Crippen LogP contribution in [0, 0.1) is 35.3 Å². The first-order chi connectivity index (χ1) is 12.7. The molecule has 0 bridgehead atoms. The van der Waals surface area contributed by atoms with Gasteiger partial charge in [0.2, 0.25) is 0 Å². The number of hydrogen-bond donors (Lipinski definition) is 0. The third-order valence-electron chi connectivity index (χ3n) is 7.24. The minimum Gasteiger partial charge on any atom is -0.204 e. The van der Waals surface area contributed by atoms with Crippen molar-refractivity contribution in [2.24, 2.45) is 23.7 Å². The lowest BCUT2D eigenvalue weighted by Crippen LogP contribution is -2.26. The number of benzene rings is 1. The van der Waals surface area contributed by atoms with Gasteiger partial charge in [-0.15, -0.1) is 0 Å². The number of unbranched alkanes of at least 4 members (excludes halogenated alkanes) is 1. The molecule has 3 rings (SSSR count). The minimum atomic E-state index is -0.737. The summed E-state index contributed by atoms with van der Waals surface area (Å²) >= 11 is 0. The number of hydrogen-bond acceptors (Lipinski definition) is 0. The van der Waals surface area contributed by atoms with Gasteiger partial charge in [0.05, 0.1) is 0 Å². The van der Waals surface area contributed by atoms with Gasteiger partial charge in [-0.2, -0.15) is 0 Å². The number of halogens is 2. The third-order valence-corrected chi connectivity index (χ3v) is 7.24. The summed E-state index contributed by atoms with van der Waals surface area (Å²) in [4.78, 5) is 0. The van der Waals surface area contributed by atoms with Gasteiger partial charge in [-0.1, -0.05) is 57.9 Å². The summed E-state index contributed by atoms with van der Waals surface area (Å²) in [6, 6.07) is 4.37. The maximum atomic E-state index is 13.3. The quantitative estimate of drug-likeness (QED) is 0.466. The lowest BCUT2D eigenvalue weighted by atomic mass is 9.68. The van der Waals surface area contributed by atoms with Gasteiger partial charge in [-0.05, 0) is 79.9 Å². The monoisotopic (exact) mass is 362 g/mol. The molecule has 0 amide bonds. The van der Waals surface area contributed by atoms with Gasteiger partial charge in [-0.3, -0.25) is 0 Å². The molecule has 0 unspecified atom stereocenters. The van der Waals surface area contributed by atoms with Crippen molar-refractivity contribution < 1.29 is 8.78 Å². The highest BCUT2D eigenvalue weighted by Gasteiger charge is 2.30. The van der Waals surface area contributed by atoms with Crippen LogP contribution in [-0.4, -0.2) is 0 Å². The fourth-order valence-corrected chi connectivity index (χ4v) is 5.46. The van der Waals surface area contributed by atoms with E-state index in [1.165, 1.54) is 82.8 Å². The molecule has 0 spiro atoms. The van der Waals surface area contributed by atoms with Crippen LogP contribution in [0.15, 0.2) is 18.2 Å². The van der Waals surface area contributed by atoms with Gasteiger partial charge in [0, 0.05) is 0 Å². The Bertz CT molecular complexity index is 537. The molecule has 2 aliphatic carbocycles. The lowest BCUT2D eigenvalue weighted by molar-refractivity contribution is 0.140. The second kappa shape index (κ2) is 9.85. The summed E-state index contributed by atoms with van der Waals surface area (Å²) in [5.41, 5.74) is 0.941. The van der Waals surface area contributed by atoms with Crippen molar-refractivity contribution in [3.8, 4) is 0 Å². The number of aryl methyl sites for hydroxylation is 1. The SMILES string of the molecule is CCCC[C@H]1CC[C@H](C2CCC(CCc3ccc(F)c(F)c3)CC2)CC1. The van der Waals surface area contributed by atoms with Gasteiger partial charge in [-0.25, -0.2) is 8.78 Å². The van der Waals surface area contributed by atoms with Crippen molar-refractivity contribution in [1.82, 2.24) is 0 Å². The molecule has 0 saturated heterocycles. The molecular weight excluding hydrogens is 326 g/mol. The summed E-state index contributed by atoms with van der Waals surface area (Å²) in [6.45, 7) is 2.30. The van der Waals surface area contributed by atoms with Crippen molar-refractivity contribution in [3.63, 3.8) is 0 Å². The molecule has 2 saturated carbocycles. The minimum absolute atomic E-state index is 0.708. The molecule has 1 aromatic carbocycles. The zero-order valence-corrected chi connectivity index (χ0v) is 16.5. The molecule has 0 N–H and O–H groups in total. The van der Waals surface area contributed by atoms with Gasteiger partial charge >= 0.3 is 0 Å². The first-order valence-corrected chi connectivity index (χ1v) is 11.1. The van der Waals surface area contributed by atoms with Crippen molar-refractivity contribution >= 4 is 0 Å². The molecular formula is C24H36F2. The highest BCUT2D eigenvalue weighted by molar-refractivity contribution is 5.17. The summed E-state index contributed by atoms with van der Waals surface area (Å²) in [6.07, 6.45) is 17.6. The fraction of sp³-hybridized carbons (Fsp3) is 0.750. The highest BCUT2D eigenvalue weighted by Crippen LogP contribution is 2.43. The third kappa shape index (κ3) is 5.54. The Hall–Kier alpha value is -0.920. The Kier molecular flexibility index (Phi) is 7.52. The van der Waals surface area contributed by atoms with E-state index in [9.17, 15) is 8.78 Å². The van der Waals surface area contributed by atoms with Crippen LogP contribution < -0.4 is 0 Å². The molecule has 0 aromatic heterocycles. The molecule has 0 aliphatic heterocycles. The molecule has 1 aromatic rings. The molecule has 2 heteroatoms. The molecule has 0 nitrogen and oxygen atoms in total. The molecule has 0 atom stereocenters. The van der Waals surface area contributed by atoms with Crippen LogP contribution in [0.4, 0.5) is 8.78 Å². The van der Waals surface area contributed by atoms with Crippen molar-refractivity contribution in [3.05, 3.63) is 35.4 Å². The van der Waals surface area contributed by atoms with Crippen LogP contribution in [0.3, 0.4) is 0 Å². The highest BCUT2D eigenvalue weighted by atomic mass is 19.2. The van der Waals surface area contributed by atoms with E-state index in [1.54, 1.807) is 6.07 Å². The van der Waals surface area contributed by atoms with E-state index >= 15 is 0 Å². The molecule has 0 heterocycles. The molecule has 146 valence electrons. The second-order valence-electron chi connectivity index (χ2n) is 8.99. The van der Waals surface area contributed by atoms with E-state index in [1.807, 2.05) is 0 Å². The molecule has 2 aliphatic rings. The maximum absolute atomic E-state index is 13.3. The topological polar surface area (TPSA) is 0 Å². The summed E-state index contributed by atoms with van der Waals surface area (Å²) in [5, 5.41) is 0. The first-order valence-electron chi connectivity index (χ1n) is 11.1. The van der Waals surface area contributed by atoms with Crippen LogP contribution >= 0.6 is 0 Å². The first kappa shape index (κ1) is 19.8. The summed E-state index contributed by atoms with van der Waals surface area (Å²) < 4.78 is 26.3. The van der Waals surface area contributed by atoms with Crippen LogP contribution in [0.1, 0.15) is 89.5 Å². The zero-order valence-electron chi connectivity index (χ0n) is 16.5. The second-order valence-corrected chi connectivity index (χ2v) is 8.99. The lowest BCUT2D eigenvalue weighted by Gasteiger charge is -2.38. The van der Waals surface area contributed by atoms with Gasteiger partial charge < -0.3 is 0 Å². The average Bonchev–Trinajstić information content (AvgIpc) is 2.68. The van der Waals surface area contributed by atoms with Gasteiger partial charge in [0.25, 0.3) is 0 Å². The Morgan fingerprint density at radius 1 is 0.769 bits per heavy atom. The maximum Gasteiger partial charge on any atom is 0.159 e. The van der Waals surface area contributed by atoms with Gasteiger partial charge in [0.15, 0.2) is 11.6 Å².